The van der Waals surface area contributed by atoms with Gasteiger partial charge in [-0.2, -0.15) is 5.26 Å². The number of anilines is 1. The van der Waals surface area contributed by atoms with Crippen molar-refractivity contribution in [1.82, 2.24) is 14.5 Å². The highest BCUT2D eigenvalue weighted by atomic mass is 32.1. The second-order valence-corrected chi connectivity index (χ2v) is 4.75. The van der Waals surface area contributed by atoms with Gasteiger partial charge < -0.3 is 10.3 Å². The number of nitrogens with zero attached hydrogens (tertiary/aromatic N) is 4. The van der Waals surface area contributed by atoms with Gasteiger partial charge in [-0.05, 0) is 12.1 Å². The predicted octanol–water partition coefficient (Wildman–Crippen LogP) is 1.99. The molecule has 5 nitrogen and oxygen atoms in total. The molecule has 0 aliphatic heterocycles. The van der Waals surface area contributed by atoms with Gasteiger partial charge in [0.05, 0.1) is 17.6 Å². The zero-order chi connectivity index (χ0) is 12.5. The van der Waals surface area contributed by atoms with Crippen molar-refractivity contribution in [2.45, 2.75) is 6.54 Å². The molecule has 0 aliphatic rings. The Morgan fingerprint density at radius 2 is 2.33 bits per heavy atom. The Balaban J connectivity index is 2.18. The normalized spacial score (nSPS) is 10.6. The highest BCUT2D eigenvalue weighted by Crippen LogP contribution is 2.22. The Morgan fingerprint density at radius 3 is 3.06 bits per heavy atom. The minimum absolute atomic E-state index is 0.405. The molecular formula is C12H9N5S. The van der Waals surface area contributed by atoms with Crippen LogP contribution in [0, 0.1) is 11.3 Å². The van der Waals surface area contributed by atoms with Gasteiger partial charge in [-0.25, -0.2) is 9.97 Å². The fourth-order valence-electron chi connectivity index (χ4n) is 1.89. The molecule has 2 N–H and O–H groups in total. The van der Waals surface area contributed by atoms with Gasteiger partial charge in [0.25, 0.3) is 0 Å². The highest BCUT2D eigenvalue weighted by molar-refractivity contribution is 7.09. The molecule has 0 atom stereocenters. The van der Waals surface area contributed by atoms with E-state index in [1.54, 1.807) is 23.6 Å². The number of hydrogen-bond acceptors (Lipinski definition) is 5. The molecule has 1 aromatic carbocycles. The van der Waals surface area contributed by atoms with E-state index < -0.39 is 0 Å². The number of nitrogens with two attached hydrogens (primary N) is 1. The monoisotopic (exact) mass is 255 g/mol. The van der Waals surface area contributed by atoms with Crippen molar-refractivity contribution in [3.8, 4) is 6.07 Å². The minimum Gasteiger partial charge on any atom is -0.369 e. The van der Waals surface area contributed by atoms with Gasteiger partial charge in [0.2, 0.25) is 5.95 Å². The number of nitrogen functional groups attached to an aromatic ring is 1. The molecule has 0 fully saturated rings. The second-order valence-electron chi connectivity index (χ2n) is 3.77. The van der Waals surface area contributed by atoms with Crippen LogP contribution < -0.4 is 5.73 Å². The van der Waals surface area contributed by atoms with Crippen molar-refractivity contribution >= 4 is 28.3 Å². The summed E-state index contributed by atoms with van der Waals surface area (Å²) in [5, 5.41) is 11.9. The average Bonchev–Trinajstić information content (AvgIpc) is 2.99. The van der Waals surface area contributed by atoms with E-state index in [0.29, 0.717) is 23.6 Å². The molecule has 2 heterocycles. The summed E-state index contributed by atoms with van der Waals surface area (Å²) in [5.41, 5.74) is 7.96. The van der Waals surface area contributed by atoms with Crippen LogP contribution in [0.2, 0.25) is 0 Å². The van der Waals surface area contributed by atoms with E-state index in [0.717, 1.165) is 10.5 Å². The maximum Gasteiger partial charge on any atom is 0.201 e. The molecule has 6 heteroatoms. The van der Waals surface area contributed by atoms with Crippen molar-refractivity contribution in [3.05, 3.63) is 40.3 Å². The Kier molecular flexibility index (Phi) is 2.46. The first-order valence-corrected chi connectivity index (χ1v) is 6.21. The number of rotatable bonds is 2. The van der Waals surface area contributed by atoms with Crippen LogP contribution in [-0.2, 0) is 6.54 Å². The lowest BCUT2D eigenvalue weighted by Gasteiger charge is -2.03. The number of aromatic nitrogens is 3. The number of thiazole rings is 1. The van der Waals surface area contributed by atoms with Crippen LogP contribution in [0.5, 0.6) is 0 Å². The predicted molar refractivity (Wildman–Crippen MR) is 70.1 cm³/mol. The molecule has 18 heavy (non-hydrogen) atoms. The number of hydrogen-bond donors (Lipinski definition) is 1. The molecule has 3 rings (SSSR count). The van der Waals surface area contributed by atoms with Gasteiger partial charge in [-0.3, -0.25) is 0 Å². The molecule has 0 saturated heterocycles. The summed E-state index contributed by atoms with van der Waals surface area (Å²) in [5.74, 6) is 0.405. The SMILES string of the molecule is N#Cc1cccc2c1nc(N)n2Cc1nccs1. The first-order valence-electron chi connectivity index (χ1n) is 5.33. The van der Waals surface area contributed by atoms with Crippen molar-refractivity contribution in [1.29, 1.82) is 5.26 Å². The van der Waals surface area contributed by atoms with E-state index in [-0.39, 0.29) is 0 Å². The molecule has 0 saturated carbocycles. The van der Waals surface area contributed by atoms with E-state index in [2.05, 4.69) is 16.0 Å². The minimum atomic E-state index is 0.405. The number of imidazole rings is 1. The summed E-state index contributed by atoms with van der Waals surface area (Å²) in [7, 11) is 0. The molecule has 0 aliphatic carbocycles. The smallest absolute Gasteiger partial charge is 0.201 e. The summed E-state index contributed by atoms with van der Waals surface area (Å²) in [6, 6.07) is 7.61. The molecule has 0 radical (unpaired) electrons. The standard InChI is InChI=1S/C12H9N5S/c13-6-8-2-1-3-9-11(8)16-12(14)17(9)7-10-15-4-5-18-10/h1-5H,7H2,(H2,14,16). The zero-order valence-electron chi connectivity index (χ0n) is 9.37. The van der Waals surface area contributed by atoms with Gasteiger partial charge in [0.15, 0.2) is 0 Å². The Morgan fingerprint density at radius 1 is 1.44 bits per heavy atom. The number of nitriles is 1. The lowest BCUT2D eigenvalue weighted by Crippen LogP contribution is -2.04. The lowest BCUT2D eigenvalue weighted by atomic mass is 10.2. The topological polar surface area (TPSA) is 80.5 Å². The fourth-order valence-corrected chi connectivity index (χ4v) is 2.49. The largest absolute Gasteiger partial charge is 0.369 e. The van der Waals surface area contributed by atoms with Gasteiger partial charge in [-0.15, -0.1) is 11.3 Å². The van der Waals surface area contributed by atoms with E-state index in [1.165, 1.54) is 0 Å². The molecule has 0 amide bonds. The van der Waals surface area contributed by atoms with Crippen LogP contribution in [0.15, 0.2) is 29.8 Å². The molecule has 0 bridgehead atoms. The average molecular weight is 255 g/mol. The van der Waals surface area contributed by atoms with Crippen molar-refractivity contribution < 1.29 is 0 Å². The summed E-state index contributed by atoms with van der Waals surface area (Å²) in [6.45, 7) is 0.578. The quantitative estimate of drug-likeness (QED) is 0.759. The van der Waals surface area contributed by atoms with E-state index in [4.69, 9.17) is 11.0 Å². The van der Waals surface area contributed by atoms with Gasteiger partial charge in [-0.1, -0.05) is 6.07 Å². The van der Waals surface area contributed by atoms with Gasteiger partial charge in [0.1, 0.15) is 16.6 Å². The molecule has 0 unspecified atom stereocenters. The lowest BCUT2D eigenvalue weighted by molar-refractivity contribution is 0.830. The highest BCUT2D eigenvalue weighted by Gasteiger charge is 2.12. The third kappa shape index (κ3) is 1.61. The number of fused-ring (bicyclic) bond motifs is 1. The zero-order valence-corrected chi connectivity index (χ0v) is 10.2. The summed E-state index contributed by atoms with van der Waals surface area (Å²) >= 11 is 1.57. The molecule has 3 aromatic rings. The van der Waals surface area contributed by atoms with Gasteiger partial charge in [0, 0.05) is 11.6 Å². The van der Waals surface area contributed by atoms with E-state index >= 15 is 0 Å². The first kappa shape index (κ1) is 10.7. The molecular weight excluding hydrogens is 246 g/mol. The maximum atomic E-state index is 9.04. The first-order chi connectivity index (χ1) is 8.79. The maximum absolute atomic E-state index is 9.04. The van der Waals surface area contributed by atoms with E-state index in [1.807, 2.05) is 22.1 Å². The van der Waals surface area contributed by atoms with Crippen LogP contribution >= 0.6 is 11.3 Å². The molecule has 88 valence electrons. The van der Waals surface area contributed by atoms with Crippen LogP contribution in [-0.4, -0.2) is 14.5 Å². The Hall–Kier alpha value is -2.39. The second kappa shape index (κ2) is 4.13. The summed E-state index contributed by atoms with van der Waals surface area (Å²) < 4.78 is 1.87. The summed E-state index contributed by atoms with van der Waals surface area (Å²) in [6.07, 6.45) is 1.76. The van der Waals surface area contributed by atoms with Crippen LogP contribution in [0.25, 0.3) is 11.0 Å². The third-order valence-electron chi connectivity index (χ3n) is 2.71. The van der Waals surface area contributed by atoms with Crippen LogP contribution in [0.1, 0.15) is 10.6 Å². The number of para-hydroxylation sites is 1. The van der Waals surface area contributed by atoms with Crippen molar-refractivity contribution in [3.63, 3.8) is 0 Å². The third-order valence-corrected chi connectivity index (χ3v) is 3.47. The summed E-state index contributed by atoms with van der Waals surface area (Å²) in [4.78, 5) is 8.49. The Labute approximate surface area is 107 Å². The fraction of sp³-hybridized carbons (Fsp3) is 0.0833. The van der Waals surface area contributed by atoms with Crippen LogP contribution in [0.4, 0.5) is 5.95 Å². The van der Waals surface area contributed by atoms with Crippen molar-refractivity contribution in [2.24, 2.45) is 0 Å². The number of benzene rings is 1. The molecule has 0 spiro atoms. The Bertz CT molecular complexity index is 736. The van der Waals surface area contributed by atoms with E-state index in [9.17, 15) is 0 Å². The van der Waals surface area contributed by atoms with Crippen molar-refractivity contribution in [2.75, 3.05) is 5.73 Å². The van der Waals surface area contributed by atoms with Crippen LogP contribution in [0.3, 0.4) is 0 Å². The van der Waals surface area contributed by atoms with Gasteiger partial charge >= 0.3 is 0 Å². The molecule has 2 aromatic heterocycles.